The van der Waals surface area contributed by atoms with Crippen molar-refractivity contribution in [2.45, 2.75) is 38.9 Å². The van der Waals surface area contributed by atoms with Crippen LogP contribution in [0.4, 0.5) is 0 Å². The van der Waals surface area contributed by atoms with Crippen molar-refractivity contribution in [2.24, 2.45) is 0 Å². The molecule has 0 heterocycles. The molecular formula is C6H16OSi. The molecule has 0 aliphatic carbocycles. The van der Waals surface area contributed by atoms with Gasteiger partial charge in [0.25, 0.3) is 0 Å². The van der Waals surface area contributed by atoms with Crippen molar-refractivity contribution >= 4 is 8.32 Å². The summed E-state index contributed by atoms with van der Waals surface area (Å²) >= 11 is 0. The fraction of sp³-hybridized carbons (Fsp3) is 1.00. The van der Waals surface area contributed by atoms with Crippen molar-refractivity contribution < 1.29 is 4.80 Å². The van der Waals surface area contributed by atoms with Crippen LogP contribution in [0.25, 0.3) is 0 Å². The van der Waals surface area contributed by atoms with Gasteiger partial charge in [-0.25, -0.2) is 0 Å². The van der Waals surface area contributed by atoms with E-state index in [-0.39, 0.29) is 0 Å². The van der Waals surface area contributed by atoms with E-state index in [9.17, 15) is 4.80 Å². The van der Waals surface area contributed by atoms with Crippen molar-refractivity contribution in [3.63, 3.8) is 0 Å². The van der Waals surface area contributed by atoms with Gasteiger partial charge in [-0.2, -0.15) is 0 Å². The molecule has 0 saturated heterocycles. The molecule has 0 aliphatic heterocycles. The lowest BCUT2D eigenvalue weighted by molar-refractivity contribution is 0.536. The highest BCUT2D eigenvalue weighted by atomic mass is 28.4. The molecule has 0 bridgehead atoms. The zero-order valence-electron chi connectivity index (χ0n) is 6.07. The van der Waals surface area contributed by atoms with Gasteiger partial charge in [0.1, 0.15) is 0 Å². The Hall–Kier alpha value is 0.177. The van der Waals surface area contributed by atoms with Gasteiger partial charge < -0.3 is 4.80 Å². The molecule has 50 valence electrons. The van der Waals surface area contributed by atoms with Crippen molar-refractivity contribution in [1.82, 2.24) is 0 Å². The first-order valence-corrected chi connectivity index (χ1v) is 6.21. The summed E-state index contributed by atoms with van der Waals surface area (Å²) in [6, 6.07) is 2.06. The molecule has 1 unspecified atom stereocenters. The van der Waals surface area contributed by atoms with Crippen molar-refractivity contribution in [1.29, 1.82) is 0 Å². The van der Waals surface area contributed by atoms with E-state index in [4.69, 9.17) is 0 Å². The normalized spacial score (nSPS) is 18.0. The van der Waals surface area contributed by atoms with Crippen LogP contribution in [0, 0.1) is 0 Å². The second-order valence-electron chi connectivity index (χ2n) is 2.60. The summed E-state index contributed by atoms with van der Waals surface area (Å²) in [6.07, 6.45) is 1.13. The second-order valence-corrected chi connectivity index (χ2v) is 6.80. The number of hydrogen-bond donors (Lipinski definition) is 1. The maximum absolute atomic E-state index is 9.46. The van der Waals surface area contributed by atoms with Gasteiger partial charge in [-0.3, -0.25) is 0 Å². The summed E-state index contributed by atoms with van der Waals surface area (Å²) in [7, 11) is -1.68. The summed E-state index contributed by atoms with van der Waals surface area (Å²) in [6.45, 7) is 6.22. The van der Waals surface area contributed by atoms with E-state index in [0.717, 1.165) is 18.5 Å². The molecule has 0 radical (unpaired) electrons. The highest BCUT2D eigenvalue weighted by molar-refractivity contribution is 6.71. The van der Waals surface area contributed by atoms with Crippen LogP contribution in [0.1, 0.15) is 20.3 Å². The largest absolute Gasteiger partial charge is 0.432 e. The summed E-state index contributed by atoms with van der Waals surface area (Å²) in [5, 5.41) is 0. The quantitative estimate of drug-likeness (QED) is 0.582. The fourth-order valence-electron chi connectivity index (χ4n) is 0.715. The van der Waals surface area contributed by atoms with Crippen molar-refractivity contribution in [2.75, 3.05) is 0 Å². The number of hydrogen-bond acceptors (Lipinski definition) is 1. The van der Waals surface area contributed by atoms with Gasteiger partial charge in [0.05, 0.1) is 0 Å². The summed E-state index contributed by atoms with van der Waals surface area (Å²) in [5.41, 5.74) is 0. The third-order valence-corrected chi connectivity index (χ3v) is 4.65. The molecular weight excluding hydrogens is 116 g/mol. The monoisotopic (exact) mass is 132 g/mol. The van der Waals surface area contributed by atoms with Gasteiger partial charge in [0.15, 0.2) is 8.32 Å². The minimum Gasteiger partial charge on any atom is -0.432 e. The topological polar surface area (TPSA) is 20.2 Å². The molecule has 0 aromatic carbocycles. The van der Waals surface area contributed by atoms with Crippen LogP contribution in [-0.4, -0.2) is 13.1 Å². The maximum Gasteiger partial charge on any atom is 0.185 e. The Morgan fingerprint density at radius 3 is 2.00 bits per heavy atom. The Morgan fingerprint density at radius 1 is 1.38 bits per heavy atom. The zero-order chi connectivity index (χ0) is 6.62. The molecule has 0 amide bonds. The van der Waals surface area contributed by atoms with Crippen LogP contribution in [-0.2, 0) is 0 Å². The van der Waals surface area contributed by atoms with Crippen LogP contribution < -0.4 is 0 Å². The number of rotatable bonds is 3. The van der Waals surface area contributed by atoms with Gasteiger partial charge >= 0.3 is 0 Å². The Kier molecular flexibility index (Phi) is 3.32. The smallest absolute Gasteiger partial charge is 0.185 e. The molecule has 0 saturated carbocycles. The van der Waals surface area contributed by atoms with Crippen LogP contribution in [0.3, 0.4) is 0 Å². The van der Waals surface area contributed by atoms with Crippen LogP contribution in [0.15, 0.2) is 0 Å². The molecule has 0 aromatic heterocycles. The lowest BCUT2D eigenvalue weighted by atomic mass is 10.6. The summed E-state index contributed by atoms with van der Waals surface area (Å²) < 4.78 is 0. The zero-order valence-corrected chi connectivity index (χ0v) is 7.07. The molecule has 0 aliphatic rings. The predicted molar refractivity (Wildman–Crippen MR) is 39.4 cm³/mol. The maximum atomic E-state index is 9.46. The second kappa shape index (κ2) is 3.25. The molecule has 0 spiro atoms. The first-order valence-electron chi connectivity index (χ1n) is 3.34. The molecule has 1 N–H and O–H groups in total. The highest BCUT2D eigenvalue weighted by Crippen LogP contribution is 2.11. The Bertz CT molecular complexity index is 61.5. The average molecular weight is 132 g/mol. The van der Waals surface area contributed by atoms with E-state index in [1.54, 1.807) is 0 Å². The first-order chi connectivity index (χ1) is 3.62. The van der Waals surface area contributed by atoms with Gasteiger partial charge in [0, 0.05) is 0 Å². The molecule has 2 heteroatoms. The molecule has 8 heavy (non-hydrogen) atoms. The van der Waals surface area contributed by atoms with Gasteiger partial charge in [-0.05, 0) is 18.6 Å². The average Bonchev–Trinajstić information content (AvgIpc) is 1.67. The van der Waals surface area contributed by atoms with E-state index < -0.39 is 8.32 Å². The third-order valence-electron chi connectivity index (χ3n) is 1.55. The van der Waals surface area contributed by atoms with Crippen LogP contribution >= 0.6 is 0 Å². The summed E-state index contributed by atoms with van der Waals surface area (Å²) in [4.78, 5) is 9.46. The van der Waals surface area contributed by atoms with Crippen molar-refractivity contribution in [3.05, 3.63) is 0 Å². The summed E-state index contributed by atoms with van der Waals surface area (Å²) in [5.74, 6) is 0. The van der Waals surface area contributed by atoms with Crippen LogP contribution in [0.5, 0.6) is 0 Å². The van der Waals surface area contributed by atoms with E-state index in [1.807, 2.05) is 6.55 Å². The van der Waals surface area contributed by atoms with Crippen molar-refractivity contribution in [3.8, 4) is 0 Å². The van der Waals surface area contributed by atoms with Gasteiger partial charge in [-0.15, -0.1) is 0 Å². The van der Waals surface area contributed by atoms with E-state index in [1.165, 1.54) is 0 Å². The minimum absolute atomic E-state index is 1.00. The lowest BCUT2D eigenvalue weighted by Gasteiger charge is -2.15. The lowest BCUT2D eigenvalue weighted by Crippen LogP contribution is -2.27. The van der Waals surface area contributed by atoms with Gasteiger partial charge in [0.2, 0.25) is 0 Å². The standard InChI is InChI=1S/C6H16OSi/c1-4-6-8(3,7)5-2/h7H,4-6H2,1-3H3. The van der Waals surface area contributed by atoms with Gasteiger partial charge in [-0.1, -0.05) is 20.3 Å². The molecule has 1 nitrogen and oxygen atoms in total. The van der Waals surface area contributed by atoms with E-state index in [0.29, 0.717) is 0 Å². The fourth-order valence-corrected chi connectivity index (χ4v) is 2.15. The molecule has 0 aromatic rings. The SMILES string of the molecule is CCC[Si](C)(O)CC. The highest BCUT2D eigenvalue weighted by Gasteiger charge is 2.19. The Morgan fingerprint density at radius 2 is 1.88 bits per heavy atom. The molecule has 0 rings (SSSR count). The Balaban J connectivity index is 3.37. The minimum atomic E-state index is -1.68. The molecule has 1 atom stereocenters. The molecule has 0 fully saturated rings. The first kappa shape index (κ1) is 8.18. The van der Waals surface area contributed by atoms with E-state index >= 15 is 0 Å². The van der Waals surface area contributed by atoms with E-state index in [2.05, 4.69) is 13.8 Å². The predicted octanol–water partition coefficient (Wildman–Crippen LogP) is 1.98. The van der Waals surface area contributed by atoms with Crippen LogP contribution in [0.2, 0.25) is 18.6 Å². The Labute approximate surface area is 52.9 Å². The third kappa shape index (κ3) is 3.21.